The Balaban J connectivity index is 1.09. The Bertz CT molecular complexity index is 2300. The molecule has 1 heterocycles. The number of aryl methyl sites for hydroxylation is 1. The summed E-state index contributed by atoms with van der Waals surface area (Å²) in [7, 11) is 3.24. The van der Waals surface area contributed by atoms with Crippen LogP contribution in [0.3, 0.4) is 0 Å². The largest absolute Gasteiger partial charge is 0.480 e. The molecule has 0 saturated carbocycles. The Morgan fingerprint density at radius 1 is 0.782 bits per heavy atom. The monoisotopic (exact) mass is 747 g/mol. The zero-order chi connectivity index (χ0) is 39.3. The molecule has 0 aliphatic rings. The van der Waals surface area contributed by atoms with E-state index >= 15 is 0 Å². The van der Waals surface area contributed by atoms with Crippen LogP contribution in [0, 0.1) is 6.92 Å². The molecule has 0 aliphatic carbocycles. The number of hydrogen-bond acceptors (Lipinski definition) is 7. The predicted molar refractivity (Wildman–Crippen MR) is 202 cm³/mol. The lowest BCUT2D eigenvalue weighted by molar-refractivity contribution is -0.139. The Morgan fingerprint density at radius 2 is 1.38 bits per heavy atom. The molecular weight excluding hydrogens is 711 g/mol. The van der Waals surface area contributed by atoms with Crippen molar-refractivity contribution in [3.05, 3.63) is 143 Å². The number of benzene rings is 5. The third kappa shape index (κ3) is 9.43. The van der Waals surface area contributed by atoms with E-state index in [1.165, 1.54) is 46.9 Å². The predicted octanol–water partition coefficient (Wildman–Crippen LogP) is 8.37. The number of carbonyl (C=O) groups is 3. The summed E-state index contributed by atoms with van der Waals surface area (Å²) >= 11 is 0. The van der Waals surface area contributed by atoms with E-state index in [1.54, 1.807) is 38.4 Å². The smallest absolute Gasteiger partial charge is 0.416 e. The second kappa shape index (κ2) is 16.1. The van der Waals surface area contributed by atoms with Gasteiger partial charge in [-0.25, -0.2) is 0 Å². The van der Waals surface area contributed by atoms with Crippen LogP contribution in [0.2, 0.25) is 0 Å². The van der Waals surface area contributed by atoms with Crippen LogP contribution >= 0.6 is 0 Å². The summed E-state index contributed by atoms with van der Waals surface area (Å²) in [5.41, 5.74) is 5.08. The van der Waals surface area contributed by atoms with E-state index in [-0.39, 0.29) is 23.4 Å². The van der Waals surface area contributed by atoms with Crippen LogP contribution in [0.5, 0.6) is 0 Å². The third-order valence-corrected chi connectivity index (χ3v) is 8.82. The molecule has 6 aromatic rings. The second-order valence-corrected chi connectivity index (χ2v) is 13.2. The number of amides is 2. The van der Waals surface area contributed by atoms with Crippen molar-refractivity contribution in [2.24, 2.45) is 0 Å². The highest BCUT2D eigenvalue weighted by Gasteiger charge is 2.34. The average molecular weight is 748 g/mol. The molecule has 2 amide bonds. The van der Waals surface area contributed by atoms with E-state index in [9.17, 15) is 32.7 Å². The molecule has 55 heavy (non-hydrogen) atoms. The molecule has 0 saturated heterocycles. The number of aromatic nitrogens is 2. The first-order valence-electron chi connectivity index (χ1n) is 17.1. The summed E-state index contributed by atoms with van der Waals surface area (Å²) in [6.07, 6.45) is -5.17. The number of hydrogen-bond donors (Lipinski definition) is 2. The Kier molecular flexibility index (Phi) is 11.1. The van der Waals surface area contributed by atoms with Gasteiger partial charge in [-0.3, -0.25) is 14.4 Å². The van der Waals surface area contributed by atoms with Crippen molar-refractivity contribution >= 4 is 29.2 Å². The lowest BCUT2D eigenvalue weighted by atomic mass is 10.0. The third-order valence-electron chi connectivity index (χ3n) is 8.82. The first-order valence-corrected chi connectivity index (χ1v) is 17.1. The summed E-state index contributed by atoms with van der Waals surface area (Å²) in [6, 6.07) is 32.5. The van der Waals surface area contributed by atoms with E-state index in [0.717, 1.165) is 27.7 Å². The molecule has 0 aliphatic heterocycles. The first kappa shape index (κ1) is 38.0. The van der Waals surface area contributed by atoms with Gasteiger partial charge in [0.1, 0.15) is 6.54 Å². The van der Waals surface area contributed by atoms with Gasteiger partial charge in [0, 0.05) is 48.7 Å². The van der Waals surface area contributed by atoms with Gasteiger partial charge in [-0.15, -0.1) is 0 Å². The van der Waals surface area contributed by atoms with Gasteiger partial charge in [0.15, 0.2) is 0 Å². The van der Waals surface area contributed by atoms with Crippen molar-refractivity contribution in [2.45, 2.75) is 26.1 Å². The van der Waals surface area contributed by atoms with Crippen molar-refractivity contribution in [3.8, 4) is 34.0 Å². The minimum absolute atomic E-state index is 0.0249. The number of aliphatic carboxylic acids is 1. The van der Waals surface area contributed by atoms with Gasteiger partial charge < -0.3 is 24.7 Å². The van der Waals surface area contributed by atoms with Crippen molar-refractivity contribution in [3.63, 3.8) is 0 Å². The minimum Gasteiger partial charge on any atom is -0.480 e. The minimum atomic E-state index is -4.65. The van der Waals surface area contributed by atoms with E-state index in [2.05, 4.69) is 39.7 Å². The molecule has 13 heteroatoms. The number of carboxylic acids is 1. The fourth-order valence-corrected chi connectivity index (χ4v) is 5.87. The zero-order valence-electron chi connectivity index (χ0n) is 30.1. The molecule has 5 aromatic carbocycles. The topological polar surface area (TPSA) is 129 Å². The lowest BCUT2D eigenvalue weighted by Gasteiger charge is -2.21. The van der Waals surface area contributed by atoms with Crippen molar-refractivity contribution in [2.75, 3.05) is 30.9 Å². The SMILES string of the molecule is Cc1ccc(-c2ccc(-c3nc(-c4ccc(CN(CC(=O)O)C(=O)c5ccc(NC(=O)Cc6ccc(N(C)C)cc6C(F)(F)F)cc5)cc4)no3)cc2)cc1. The fourth-order valence-electron chi connectivity index (χ4n) is 5.87. The van der Waals surface area contributed by atoms with Gasteiger partial charge in [-0.05, 0) is 77.7 Å². The molecule has 1 aromatic heterocycles. The maximum absolute atomic E-state index is 13.7. The van der Waals surface area contributed by atoms with Gasteiger partial charge >= 0.3 is 12.1 Å². The zero-order valence-corrected chi connectivity index (χ0v) is 30.1. The molecule has 0 bridgehead atoms. The van der Waals surface area contributed by atoms with Crippen LogP contribution in [0.25, 0.3) is 34.0 Å². The first-order chi connectivity index (χ1) is 26.2. The molecule has 0 fully saturated rings. The number of alkyl halides is 3. The molecule has 10 nitrogen and oxygen atoms in total. The number of halogens is 3. The molecule has 0 spiro atoms. The summed E-state index contributed by atoms with van der Waals surface area (Å²) < 4.78 is 46.7. The van der Waals surface area contributed by atoms with Crippen LogP contribution in [0.15, 0.2) is 120 Å². The molecular formula is C42H36F3N5O5. The lowest BCUT2D eigenvalue weighted by Crippen LogP contribution is -2.35. The number of carboxylic acid groups (broad SMARTS) is 1. The van der Waals surface area contributed by atoms with E-state index in [1.807, 2.05) is 31.2 Å². The maximum atomic E-state index is 13.7. The molecule has 0 unspecified atom stereocenters. The highest BCUT2D eigenvalue weighted by atomic mass is 19.4. The molecule has 2 N–H and O–H groups in total. The number of carbonyl (C=O) groups excluding carboxylic acids is 2. The number of nitrogens with zero attached hydrogens (tertiary/aromatic N) is 4. The fraction of sp³-hybridized carbons (Fsp3) is 0.167. The summed E-state index contributed by atoms with van der Waals surface area (Å²) in [5.74, 6) is -1.75. The van der Waals surface area contributed by atoms with Crippen LogP contribution in [-0.2, 0) is 28.7 Å². The van der Waals surface area contributed by atoms with Gasteiger partial charge in [0.25, 0.3) is 11.8 Å². The number of anilines is 2. The quantitative estimate of drug-likeness (QED) is 0.128. The maximum Gasteiger partial charge on any atom is 0.416 e. The summed E-state index contributed by atoms with van der Waals surface area (Å²) in [4.78, 5) is 45.1. The van der Waals surface area contributed by atoms with Crippen LogP contribution in [0.1, 0.15) is 32.6 Å². The molecule has 0 atom stereocenters. The standard InChI is InChI=1S/C42H36F3N5O5/c1-26-4-8-28(9-5-26)29-12-14-31(15-13-29)40-47-39(48-55-40)30-10-6-27(7-11-30)24-50(25-38(52)53)41(54)32-16-19-34(20-17-32)46-37(51)22-33-18-21-35(49(2)3)23-36(33)42(43,44)45/h4-21,23H,22,24-25H2,1-3H3,(H,46,51)(H,52,53). The summed E-state index contributed by atoms with van der Waals surface area (Å²) in [6.45, 7) is 1.44. The second-order valence-electron chi connectivity index (χ2n) is 13.2. The van der Waals surface area contributed by atoms with Gasteiger partial charge in [0.05, 0.1) is 12.0 Å². The van der Waals surface area contributed by atoms with Crippen molar-refractivity contribution < 1.29 is 37.2 Å². The number of nitrogens with one attached hydrogen (secondary N) is 1. The molecule has 280 valence electrons. The van der Waals surface area contributed by atoms with Gasteiger partial charge in [-0.1, -0.05) is 77.5 Å². The van der Waals surface area contributed by atoms with Crippen LogP contribution < -0.4 is 10.2 Å². The average Bonchev–Trinajstić information content (AvgIpc) is 3.65. The van der Waals surface area contributed by atoms with E-state index in [0.29, 0.717) is 28.5 Å². The molecule has 6 rings (SSSR count). The van der Waals surface area contributed by atoms with Crippen molar-refractivity contribution in [1.82, 2.24) is 15.0 Å². The van der Waals surface area contributed by atoms with Gasteiger partial charge in [0.2, 0.25) is 11.7 Å². The van der Waals surface area contributed by atoms with Crippen LogP contribution in [0.4, 0.5) is 24.5 Å². The molecule has 0 radical (unpaired) electrons. The van der Waals surface area contributed by atoms with Crippen molar-refractivity contribution in [1.29, 1.82) is 0 Å². The van der Waals surface area contributed by atoms with E-state index < -0.39 is 42.5 Å². The Labute approximate surface area is 314 Å². The Morgan fingerprint density at radius 3 is 1.98 bits per heavy atom. The normalized spacial score (nSPS) is 11.2. The summed E-state index contributed by atoms with van der Waals surface area (Å²) in [5, 5.41) is 16.2. The highest BCUT2D eigenvalue weighted by Crippen LogP contribution is 2.35. The van der Waals surface area contributed by atoms with E-state index in [4.69, 9.17) is 4.52 Å². The van der Waals surface area contributed by atoms with Gasteiger partial charge in [-0.2, -0.15) is 18.2 Å². The number of rotatable bonds is 12. The highest BCUT2D eigenvalue weighted by molar-refractivity contribution is 5.97. The van der Waals surface area contributed by atoms with Crippen LogP contribution in [-0.4, -0.2) is 58.6 Å². The Hall–Kier alpha value is -6.76.